The summed E-state index contributed by atoms with van der Waals surface area (Å²) in [6.45, 7) is 1.95. The normalized spacial score (nSPS) is 12.6. The highest BCUT2D eigenvalue weighted by Crippen LogP contribution is 2.19. The van der Waals surface area contributed by atoms with E-state index in [-0.39, 0.29) is 6.04 Å². The van der Waals surface area contributed by atoms with Gasteiger partial charge in [0.2, 0.25) is 0 Å². The predicted octanol–water partition coefficient (Wildman–Crippen LogP) is 3.97. The third kappa shape index (κ3) is 4.75. The van der Waals surface area contributed by atoms with Crippen LogP contribution in [0.2, 0.25) is 0 Å². The maximum atomic E-state index is 6.26. The first-order chi connectivity index (χ1) is 9.65. The second-order valence-electron chi connectivity index (χ2n) is 5.17. The van der Waals surface area contributed by atoms with Gasteiger partial charge < -0.3 is 10.6 Å². The van der Waals surface area contributed by atoms with Gasteiger partial charge in [-0.3, -0.25) is 0 Å². The fraction of sp³-hybridized carbons (Fsp3) is 0.294. The van der Waals surface area contributed by atoms with Crippen molar-refractivity contribution in [3.05, 3.63) is 70.2 Å². The molecule has 0 aliphatic carbocycles. The highest BCUT2D eigenvalue weighted by molar-refractivity contribution is 9.10. The summed E-state index contributed by atoms with van der Waals surface area (Å²) < 4.78 is 1.09. The Labute approximate surface area is 129 Å². The van der Waals surface area contributed by atoms with E-state index in [1.54, 1.807) is 0 Å². The lowest BCUT2D eigenvalue weighted by atomic mass is 10.0. The van der Waals surface area contributed by atoms with Crippen LogP contribution >= 0.6 is 15.9 Å². The zero-order chi connectivity index (χ0) is 14.4. The SMILES string of the molecule is CN(CCC(N)c1cccc(Br)c1)Cc1ccccc1. The molecule has 0 radical (unpaired) electrons. The van der Waals surface area contributed by atoms with Gasteiger partial charge >= 0.3 is 0 Å². The molecule has 106 valence electrons. The van der Waals surface area contributed by atoms with Crippen LogP contribution in [0.4, 0.5) is 0 Å². The Hall–Kier alpha value is -1.16. The molecule has 2 aromatic carbocycles. The fourth-order valence-electron chi connectivity index (χ4n) is 2.24. The molecule has 1 atom stereocenters. The van der Waals surface area contributed by atoms with E-state index in [1.165, 1.54) is 11.1 Å². The van der Waals surface area contributed by atoms with Gasteiger partial charge in [0.25, 0.3) is 0 Å². The molecule has 0 heterocycles. The molecule has 2 nitrogen and oxygen atoms in total. The lowest BCUT2D eigenvalue weighted by Gasteiger charge is -2.19. The first kappa shape index (κ1) is 15.2. The summed E-state index contributed by atoms with van der Waals surface area (Å²) in [5.41, 5.74) is 8.78. The number of hydrogen-bond acceptors (Lipinski definition) is 2. The quantitative estimate of drug-likeness (QED) is 0.867. The summed E-state index contributed by atoms with van der Waals surface area (Å²) in [5.74, 6) is 0. The van der Waals surface area contributed by atoms with E-state index in [0.29, 0.717) is 0 Å². The third-order valence-electron chi connectivity index (χ3n) is 3.39. The molecule has 0 aliphatic rings. The van der Waals surface area contributed by atoms with Gasteiger partial charge in [-0.1, -0.05) is 58.4 Å². The van der Waals surface area contributed by atoms with Crippen LogP contribution in [0, 0.1) is 0 Å². The van der Waals surface area contributed by atoms with E-state index >= 15 is 0 Å². The molecular formula is C17H21BrN2. The first-order valence-corrected chi connectivity index (χ1v) is 7.68. The van der Waals surface area contributed by atoms with Crippen molar-refractivity contribution in [1.29, 1.82) is 0 Å². The maximum absolute atomic E-state index is 6.26. The summed E-state index contributed by atoms with van der Waals surface area (Å²) >= 11 is 3.49. The summed E-state index contributed by atoms with van der Waals surface area (Å²) in [4.78, 5) is 2.31. The van der Waals surface area contributed by atoms with Gasteiger partial charge in [0.15, 0.2) is 0 Å². The summed E-state index contributed by atoms with van der Waals surface area (Å²) in [6, 6.07) is 18.9. The van der Waals surface area contributed by atoms with Crippen LogP contribution in [0.5, 0.6) is 0 Å². The van der Waals surface area contributed by atoms with Gasteiger partial charge in [-0.25, -0.2) is 0 Å². The summed E-state index contributed by atoms with van der Waals surface area (Å²) in [5, 5.41) is 0. The van der Waals surface area contributed by atoms with Crippen LogP contribution in [0.3, 0.4) is 0 Å². The van der Waals surface area contributed by atoms with Gasteiger partial charge in [0.1, 0.15) is 0 Å². The molecule has 0 aromatic heterocycles. The minimum atomic E-state index is 0.0886. The molecule has 0 aliphatic heterocycles. The highest BCUT2D eigenvalue weighted by Gasteiger charge is 2.08. The summed E-state index contributed by atoms with van der Waals surface area (Å²) in [7, 11) is 2.14. The zero-order valence-electron chi connectivity index (χ0n) is 11.8. The van der Waals surface area contributed by atoms with Crippen LogP contribution in [-0.2, 0) is 6.54 Å². The lowest BCUT2D eigenvalue weighted by Crippen LogP contribution is -2.23. The summed E-state index contributed by atoms with van der Waals surface area (Å²) in [6.07, 6.45) is 0.958. The predicted molar refractivity (Wildman–Crippen MR) is 88.5 cm³/mol. The van der Waals surface area contributed by atoms with Crippen LogP contribution in [0.15, 0.2) is 59.1 Å². The van der Waals surface area contributed by atoms with E-state index in [2.05, 4.69) is 64.3 Å². The Bertz CT molecular complexity index is 528. The average molecular weight is 333 g/mol. The van der Waals surface area contributed by atoms with Crippen LogP contribution in [0.1, 0.15) is 23.6 Å². The van der Waals surface area contributed by atoms with E-state index in [9.17, 15) is 0 Å². The second-order valence-corrected chi connectivity index (χ2v) is 6.09. The van der Waals surface area contributed by atoms with E-state index < -0.39 is 0 Å². The zero-order valence-corrected chi connectivity index (χ0v) is 13.4. The lowest BCUT2D eigenvalue weighted by molar-refractivity contribution is 0.311. The van der Waals surface area contributed by atoms with Crippen LogP contribution in [-0.4, -0.2) is 18.5 Å². The molecule has 0 bridgehead atoms. The van der Waals surface area contributed by atoms with E-state index in [1.807, 2.05) is 18.2 Å². The highest BCUT2D eigenvalue weighted by atomic mass is 79.9. The van der Waals surface area contributed by atoms with E-state index in [4.69, 9.17) is 5.73 Å². The number of nitrogens with zero attached hydrogens (tertiary/aromatic N) is 1. The number of rotatable bonds is 6. The number of hydrogen-bond donors (Lipinski definition) is 1. The Kier molecular flexibility index (Phi) is 5.77. The number of benzene rings is 2. The van der Waals surface area contributed by atoms with Crippen LogP contribution in [0.25, 0.3) is 0 Å². The molecule has 3 heteroatoms. The monoisotopic (exact) mass is 332 g/mol. The van der Waals surface area contributed by atoms with Crippen molar-refractivity contribution in [1.82, 2.24) is 4.90 Å². The van der Waals surface area contributed by atoms with Gasteiger partial charge in [-0.2, -0.15) is 0 Å². The molecule has 20 heavy (non-hydrogen) atoms. The number of nitrogens with two attached hydrogens (primary N) is 1. The van der Waals surface area contributed by atoms with Crippen molar-refractivity contribution in [2.45, 2.75) is 19.0 Å². The third-order valence-corrected chi connectivity index (χ3v) is 3.89. The molecule has 0 saturated heterocycles. The molecule has 0 spiro atoms. The fourth-order valence-corrected chi connectivity index (χ4v) is 2.65. The smallest absolute Gasteiger partial charge is 0.0307 e. The molecular weight excluding hydrogens is 312 g/mol. The van der Waals surface area contributed by atoms with Crippen molar-refractivity contribution in [2.24, 2.45) is 5.73 Å². The Morgan fingerprint density at radius 2 is 1.85 bits per heavy atom. The van der Waals surface area contributed by atoms with Crippen molar-refractivity contribution in [2.75, 3.05) is 13.6 Å². The van der Waals surface area contributed by atoms with Crippen molar-refractivity contribution in [3.8, 4) is 0 Å². The van der Waals surface area contributed by atoms with Gasteiger partial charge in [-0.15, -0.1) is 0 Å². The molecule has 2 rings (SSSR count). The standard InChI is InChI=1S/C17H21BrN2/c1-20(13-14-6-3-2-4-7-14)11-10-17(19)15-8-5-9-16(18)12-15/h2-9,12,17H,10-11,13,19H2,1H3. The van der Waals surface area contributed by atoms with Gasteiger partial charge in [0, 0.05) is 17.1 Å². The maximum Gasteiger partial charge on any atom is 0.0307 e. The molecule has 0 saturated carbocycles. The Morgan fingerprint density at radius 1 is 1.10 bits per heavy atom. The van der Waals surface area contributed by atoms with Gasteiger partial charge in [-0.05, 0) is 43.3 Å². The topological polar surface area (TPSA) is 29.3 Å². The molecule has 0 fully saturated rings. The molecule has 2 N–H and O–H groups in total. The minimum Gasteiger partial charge on any atom is -0.324 e. The van der Waals surface area contributed by atoms with Crippen LogP contribution < -0.4 is 5.73 Å². The Morgan fingerprint density at radius 3 is 2.55 bits per heavy atom. The van der Waals surface area contributed by atoms with E-state index in [0.717, 1.165) is 24.0 Å². The number of halogens is 1. The van der Waals surface area contributed by atoms with Crippen molar-refractivity contribution >= 4 is 15.9 Å². The largest absolute Gasteiger partial charge is 0.324 e. The first-order valence-electron chi connectivity index (χ1n) is 6.88. The van der Waals surface area contributed by atoms with Gasteiger partial charge in [0.05, 0.1) is 0 Å². The van der Waals surface area contributed by atoms with Crippen molar-refractivity contribution < 1.29 is 0 Å². The second kappa shape index (κ2) is 7.58. The molecule has 0 amide bonds. The Balaban J connectivity index is 1.82. The average Bonchev–Trinajstić information content (AvgIpc) is 2.46. The van der Waals surface area contributed by atoms with Crippen molar-refractivity contribution in [3.63, 3.8) is 0 Å². The minimum absolute atomic E-state index is 0.0886. The molecule has 1 unspecified atom stereocenters. The molecule has 2 aromatic rings.